The molecule has 25 heavy (non-hydrogen) atoms. The molecule has 3 rings (SSSR count). The fourth-order valence-corrected chi connectivity index (χ4v) is 2.48. The van der Waals surface area contributed by atoms with Crippen molar-refractivity contribution in [3.8, 4) is 11.3 Å². The third-order valence-corrected chi connectivity index (χ3v) is 3.69. The fourth-order valence-electron chi connectivity index (χ4n) is 2.31. The molecular weight excluding hydrogens is 350 g/mol. The van der Waals surface area contributed by atoms with Crippen LogP contribution in [-0.2, 0) is 0 Å². The van der Waals surface area contributed by atoms with E-state index in [1.165, 1.54) is 24.3 Å². The Morgan fingerprint density at radius 1 is 1.28 bits per heavy atom. The lowest BCUT2D eigenvalue weighted by Gasteiger charge is -2.00. The maximum atomic E-state index is 12.4. The topological polar surface area (TPSA) is 111 Å². The number of aryl methyl sites for hydroxylation is 2. The van der Waals surface area contributed by atoms with Crippen LogP contribution in [0.15, 0.2) is 39.3 Å². The number of carbonyl (C=O) groups is 1. The molecule has 2 aromatic heterocycles. The lowest BCUT2D eigenvalue weighted by molar-refractivity contribution is -0.384. The highest BCUT2D eigenvalue weighted by Crippen LogP contribution is 2.34. The molecule has 0 aliphatic carbocycles. The van der Waals surface area contributed by atoms with Crippen LogP contribution in [0.25, 0.3) is 11.3 Å². The summed E-state index contributed by atoms with van der Waals surface area (Å²) in [5.74, 6) is 0.871. The van der Waals surface area contributed by atoms with E-state index in [-0.39, 0.29) is 33.4 Å². The van der Waals surface area contributed by atoms with Gasteiger partial charge in [-0.05, 0) is 32.0 Å². The van der Waals surface area contributed by atoms with Crippen molar-refractivity contribution in [2.24, 2.45) is 0 Å². The standard InChI is InChI=1S/C16H12ClN3O5/c1-8-5-15(19-25-8)18-16(21)12-7-14(24-9(12)2)11-4-3-10(17)6-13(11)20(22)23/h3-7H,1-2H3,(H,18,19,21). The number of nitrogens with one attached hydrogen (secondary N) is 1. The summed E-state index contributed by atoms with van der Waals surface area (Å²) < 4.78 is 10.4. The maximum absolute atomic E-state index is 12.4. The van der Waals surface area contributed by atoms with Gasteiger partial charge in [-0.1, -0.05) is 16.8 Å². The van der Waals surface area contributed by atoms with E-state index < -0.39 is 10.8 Å². The summed E-state index contributed by atoms with van der Waals surface area (Å²) in [6.07, 6.45) is 0. The number of aromatic nitrogens is 1. The zero-order chi connectivity index (χ0) is 18.1. The molecule has 0 fully saturated rings. The van der Waals surface area contributed by atoms with E-state index in [1.807, 2.05) is 0 Å². The largest absolute Gasteiger partial charge is 0.460 e. The first kappa shape index (κ1) is 16.7. The Morgan fingerprint density at radius 3 is 2.68 bits per heavy atom. The number of halogens is 1. The van der Waals surface area contributed by atoms with Crippen LogP contribution in [0.1, 0.15) is 21.9 Å². The van der Waals surface area contributed by atoms with Gasteiger partial charge in [-0.25, -0.2) is 0 Å². The molecule has 8 nitrogen and oxygen atoms in total. The van der Waals surface area contributed by atoms with Crippen molar-refractivity contribution in [2.45, 2.75) is 13.8 Å². The molecule has 0 atom stereocenters. The van der Waals surface area contributed by atoms with Gasteiger partial charge >= 0.3 is 0 Å². The van der Waals surface area contributed by atoms with E-state index in [4.69, 9.17) is 20.5 Å². The number of carbonyl (C=O) groups excluding carboxylic acids is 1. The van der Waals surface area contributed by atoms with Crippen molar-refractivity contribution in [1.29, 1.82) is 0 Å². The van der Waals surface area contributed by atoms with Crippen LogP contribution in [0.2, 0.25) is 5.02 Å². The van der Waals surface area contributed by atoms with E-state index in [2.05, 4.69) is 10.5 Å². The summed E-state index contributed by atoms with van der Waals surface area (Å²) in [7, 11) is 0. The van der Waals surface area contributed by atoms with Gasteiger partial charge in [0.15, 0.2) is 5.82 Å². The third-order valence-electron chi connectivity index (χ3n) is 3.45. The summed E-state index contributed by atoms with van der Waals surface area (Å²) in [6, 6.07) is 7.22. The second-order valence-electron chi connectivity index (χ2n) is 5.28. The van der Waals surface area contributed by atoms with E-state index in [1.54, 1.807) is 19.9 Å². The van der Waals surface area contributed by atoms with E-state index in [0.29, 0.717) is 11.5 Å². The van der Waals surface area contributed by atoms with Crippen LogP contribution < -0.4 is 5.32 Å². The second kappa shape index (κ2) is 6.40. The Hall–Kier alpha value is -3.13. The SMILES string of the molecule is Cc1cc(NC(=O)c2cc(-c3ccc(Cl)cc3[N+](=O)[O-])oc2C)no1. The predicted octanol–water partition coefficient (Wildman–Crippen LogP) is 4.37. The molecule has 0 aliphatic heterocycles. The van der Waals surface area contributed by atoms with Crippen LogP contribution in [0.3, 0.4) is 0 Å². The smallest absolute Gasteiger partial charge is 0.281 e. The van der Waals surface area contributed by atoms with Gasteiger partial charge in [0.2, 0.25) is 0 Å². The summed E-state index contributed by atoms with van der Waals surface area (Å²) in [5.41, 5.74) is 0.258. The maximum Gasteiger partial charge on any atom is 0.281 e. The zero-order valence-electron chi connectivity index (χ0n) is 13.2. The lowest BCUT2D eigenvalue weighted by atomic mass is 10.1. The summed E-state index contributed by atoms with van der Waals surface area (Å²) in [5, 5.41) is 17.7. The molecule has 0 aliphatic rings. The van der Waals surface area contributed by atoms with Crippen molar-refractivity contribution in [3.05, 3.63) is 62.6 Å². The Bertz CT molecular complexity index is 976. The molecule has 0 spiro atoms. The molecular formula is C16H12ClN3O5. The minimum absolute atomic E-state index is 0.197. The number of hydrogen-bond donors (Lipinski definition) is 1. The Labute approximate surface area is 146 Å². The molecule has 128 valence electrons. The second-order valence-corrected chi connectivity index (χ2v) is 5.71. The van der Waals surface area contributed by atoms with E-state index in [0.717, 1.165) is 0 Å². The molecule has 0 bridgehead atoms. The Kier molecular flexibility index (Phi) is 4.28. The number of rotatable bonds is 4. The highest BCUT2D eigenvalue weighted by molar-refractivity contribution is 6.30. The quantitative estimate of drug-likeness (QED) is 0.545. The van der Waals surface area contributed by atoms with Crippen molar-refractivity contribution < 1.29 is 18.7 Å². The monoisotopic (exact) mass is 361 g/mol. The molecule has 0 radical (unpaired) electrons. The van der Waals surface area contributed by atoms with Gasteiger partial charge in [0, 0.05) is 17.2 Å². The number of benzene rings is 1. The molecule has 0 saturated carbocycles. The number of anilines is 1. The normalized spacial score (nSPS) is 10.7. The van der Waals surface area contributed by atoms with Gasteiger partial charge in [-0.15, -0.1) is 0 Å². The highest BCUT2D eigenvalue weighted by Gasteiger charge is 2.22. The van der Waals surface area contributed by atoms with E-state index >= 15 is 0 Å². The average molecular weight is 362 g/mol. The first-order valence-corrected chi connectivity index (χ1v) is 7.52. The molecule has 1 aromatic carbocycles. The number of hydrogen-bond acceptors (Lipinski definition) is 6. The molecule has 9 heteroatoms. The highest BCUT2D eigenvalue weighted by atomic mass is 35.5. The minimum Gasteiger partial charge on any atom is -0.460 e. The lowest BCUT2D eigenvalue weighted by Crippen LogP contribution is -2.12. The summed E-state index contributed by atoms with van der Waals surface area (Å²) in [6.45, 7) is 3.29. The first-order chi connectivity index (χ1) is 11.8. The Balaban J connectivity index is 1.95. The number of amides is 1. The number of nitro benzene ring substituents is 1. The molecule has 2 heterocycles. The van der Waals surface area contributed by atoms with Gasteiger partial charge in [-0.3, -0.25) is 14.9 Å². The van der Waals surface area contributed by atoms with Crippen molar-refractivity contribution in [1.82, 2.24) is 5.16 Å². The molecule has 3 aromatic rings. The number of nitrogens with zero attached hydrogens (tertiary/aromatic N) is 2. The number of nitro groups is 1. The molecule has 0 saturated heterocycles. The Morgan fingerprint density at radius 2 is 2.04 bits per heavy atom. The van der Waals surface area contributed by atoms with Gasteiger partial charge in [-0.2, -0.15) is 0 Å². The molecule has 1 N–H and O–H groups in total. The van der Waals surface area contributed by atoms with Crippen molar-refractivity contribution >= 4 is 29.0 Å². The minimum atomic E-state index is -0.559. The zero-order valence-corrected chi connectivity index (χ0v) is 14.0. The van der Waals surface area contributed by atoms with Gasteiger partial charge in [0.25, 0.3) is 11.6 Å². The average Bonchev–Trinajstić information content (AvgIpc) is 3.13. The third kappa shape index (κ3) is 3.38. The first-order valence-electron chi connectivity index (χ1n) is 7.14. The van der Waals surface area contributed by atoms with Gasteiger partial charge in [0.1, 0.15) is 17.3 Å². The van der Waals surface area contributed by atoms with Crippen LogP contribution >= 0.6 is 11.6 Å². The van der Waals surface area contributed by atoms with Gasteiger partial charge in [0.05, 0.1) is 16.1 Å². The molecule has 0 unspecified atom stereocenters. The van der Waals surface area contributed by atoms with Crippen LogP contribution in [0.5, 0.6) is 0 Å². The van der Waals surface area contributed by atoms with Crippen LogP contribution in [0, 0.1) is 24.0 Å². The summed E-state index contributed by atoms with van der Waals surface area (Å²) >= 11 is 5.81. The van der Waals surface area contributed by atoms with Gasteiger partial charge < -0.3 is 14.3 Å². The molecule has 1 amide bonds. The van der Waals surface area contributed by atoms with Crippen LogP contribution in [0.4, 0.5) is 11.5 Å². The van der Waals surface area contributed by atoms with E-state index in [9.17, 15) is 14.9 Å². The van der Waals surface area contributed by atoms with Crippen molar-refractivity contribution in [2.75, 3.05) is 5.32 Å². The number of furan rings is 1. The predicted molar refractivity (Wildman–Crippen MR) is 89.7 cm³/mol. The van der Waals surface area contributed by atoms with Crippen molar-refractivity contribution in [3.63, 3.8) is 0 Å². The summed E-state index contributed by atoms with van der Waals surface area (Å²) in [4.78, 5) is 23.0. The fraction of sp³-hybridized carbons (Fsp3) is 0.125. The van der Waals surface area contributed by atoms with Crippen LogP contribution in [-0.4, -0.2) is 16.0 Å².